The SMILES string of the molecule is CCC(C(=O)NC1(CC(=O)O)CCCC1)c1ccc(OC)cc1. The van der Waals surface area contributed by atoms with Gasteiger partial charge in [0.15, 0.2) is 0 Å². The molecule has 1 amide bonds. The summed E-state index contributed by atoms with van der Waals surface area (Å²) in [6.07, 6.45) is 4.08. The van der Waals surface area contributed by atoms with Crippen molar-refractivity contribution in [2.75, 3.05) is 7.11 Å². The number of carboxylic acids is 1. The van der Waals surface area contributed by atoms with Crippen molar-refractivity contribution in [1.29, 1.82) is 0 Å². The first-order chi connectivity index (χ1) is 11.0. The molecule has 0 radical (unpaired) electrons. The van der Waals surface area contributed by atoms with Crippen molar-refractivity contribution < 1.29 is 19.4 Å². The fourth-order valence-corrected chi connectivity index (χ4v) is 3.44. The molecule has 2 rings (SSSR count). The standard InChI is InChI=1S/C18H25NO4/c1-3-15(13-6-8-14(23-2)9-7-13)17(22)19-18(12-16(20)21)10-4-5-11-18/h6-9,15H,3-5,10-12H2,1-2H3,(H,19,22)(H,20,21). The van der Waals surface area contributed by atoms with Crippen LogP contribution < -0.4 is 10.1 Å². The van der Waals surface area contributed by atoms with Crippen molar-refractivity contribution in [3.8, 4) is 5.75 Å². The van der Waals surface area contributed by atoms with Gasteiger partial charge in [0.25, 0.3) is 0 Å². The molecule has 5 nitrogen and oxygen atoms in total. The number of methoxy groups -OCH3 is 1. The van der Waals surface area contributed by atoms with Gasteiger partial charge < -0.3 is 15.2 Å². The van der Waals surface area contributed by atoms with Crippen molar-refractivity contribution in [2.45, 2.75) is 56.9 Å². The lowest BCUT2D eigenvalue weighted by atomic mass is 9.89. The molecule has 1 aliphatic carbocycles. The summed E-state index contributed by atoms with van der Waals surface area (Å²) in [5, 5.41) is 12.2. The second-order valence-electron chi connectivity index (χ2n) is 6.28. The predicted octanol–water partition coefficient (Wildman–Crippen LogP) is 3.09. The van der Waals surface area contributed by atoms with Gasteiger partial charge in [0.05, 0.1) is 25.0 Å². The smallest absolute Gasteiger partial charge is 0.305 e. The minimum absolute atomic E-state index is 0.00220. The number of carboxylic acid groups (broad SMARTS) is 1. The van der Waals surface area contributed by atoms with Gasteiger partial charge in [-0.3, -0.25) is 9.59 Å². The van der Waals surface area contributed by atoms with Crippen LogP contribution in [0.25, 0.3) is 0 Å². The Labute approximate surface area is 137 Å². The van der Waals surface area contributed by atoms with E-state index >= 15 is 0 Å². The van der Waals surface area contributed by atoms with E-state index in [0.717, 1.165) is 37.0 Å². The normalized spacial score (nSPS) is 17.5. The number of ether oxygens (including phenoxy) is 1. The highest BCUT2D eigenvalue weighted by Gasteiger charge is 2.38. The van der Waals surface area contributed by atoms with Crippen LogP contribution in [-0.4, -0.2) is 29.6 Å². The van der Waals surface area contributed by atoms with Gasteiger partial charge in [-0.2, -0.15) is 0 Å². The highest BCUT2D eigenvalue weighted by Crippen LogP contribution is 2.34. The number of rotatable bonds is 7. The molecule has 23 heavy (non-hydrogen) atoms. The monoisotopic (exact) mass is 319 g/mol. The molecule has 1 aliphatic rings. The molecule has 5 heteroatoms. The summed E-state index contributed by atoms with van der Waals surface area (Å²) in [4.78, 5) is 23.9. The van der Waals surface area contributed by atoms with Gasteiger partial charge in [0.2, 0.25) is 5.91 Å². The van der Waals surface area contributed by atoms with Crippen molar-refractivity contribution in [3.05, 3.63) is 29.8 Å². The lowest BCUT2D eigenvalue weighted by Crippen LogP contribution is -2.49. The van der Waals surface area contributed by atoms with E-state index in [0.29, 0.717) is 6.42 Å². The first-order valence-electron chi connectivity index (χ1n) is 8.17. The molecule has 1 aromatic rings. The van der Waals surface area contributed by atoms with E-state index in [1.54, 1.807) is 7.11 Å². The largest absolute Gasteiger partial charge is 0.497 e. The van der Waals surface area contributed by atoms with E-state index in [1.807, 2.05) is 31.2 Å². The van der Waals surface area contributed by atoms with Crippen LogP contribution in [0.4, 0.5) is 0 Å². The molecule has 1 saturated carbocycles. The molecule has 126 valence electrons. The van der Waals surface area contributed by atoms with Gasteiger partial charge in [-0.15, -0.1) is 0 Å². The Kier molecular flexibility index (Phi) is 5.64. The number of hydrogen-bond donors (Lipinski definition) is 2. The maximum absolute atomic E-state index is 12.7. The van der Waals surface area contributed by atoms with Crippen molar-refractivity contribution in [2.24, 2.45) is 0 Å². The average molecular weight is 319 g/mol. The van der Waals surface area contributed by atoms with Crippen LogP contribution in [0.1, 0.15) is 56.9 Å². The molecular weight excluding hydrogens is 294 g/mol. The van der Waals surface area contributed by atoms with Crippen LogP contribution in [0.2, 0.25) is 0 Å². The Morgan fingerprint density at radius 2 is 1.87 bits per heavy atom. The zero-order valence-corrected chi connectivity index (χ0v) is 13.8. The second kappa shape index (κ2) is 7.49. The van der Waals surface area contributed by atoms with Gasteiger partial charge in [-0.1, -0.05) is 31.9 Å². The van der Waals surface area contributed by atoms with Gasteiger partial charge in [0, 0.05) is 0 Å². The molecule has 0 heterocycles. The number of aliphatic carboxylic acids is 1. The molecule has 1 atom stereocenters. The van der Waals surface area contributed by atoms with Crippen molar-refractivity contribution >= 4 is 11.9 Å². The molecule has 0 spiro atoms. The maximum atomic E-state index is 12.7. The summed E-state index contributed by atoms with van der Waals surface area (Å²) in [7, 11) is 1.61. The van der Waals surface area contributed by atoms with Crippen molar-refractivity contribution in [3.63, 3.8) is 0 Å². The first-order valence-corrected chi connectivity index (χ1v) is 8.17. The summed E-state index contributed by atoms with van der Waals surface area (Å²) in [6, 6.07) is 7.47. The zero-order valence-electron chi connectivity index (χ0n) is 13.8. The van der Waals surface area contributed by atoms with E-state index in [1.165, 1.54) is 0 Å². The predicted molar refractivity (Wildman–Crippen MR) is 87.6 cm³/mol. The summed E-state index contributed by atoms with van der Waals surface area (Å²) in [6.45, 7) is 1.97. The molecule has 1 fully saturated rings. The Morgan fingerprint density at radius 1 is 1.26 bits per heavy atom. The van der Waals surface area contributed by atoms with Crippen LogP contribution in [0.5, 0.6) is 5.75 Å². The molecule has 1 aromatic carbocycles. The van der Waals surface area contributed by atoms with E-state index in [4.69, 9.17) is 9.84 Å². The molecule has 2 N–H and O–H groups in total. The summed E-state index contributed by atoms with van der Waals surface area (Å²) in [5.41, 5.74) is 0.345. The Morgan fingerprint density at radius 3 is 2.35 bits per heavy atom. The van der Waals surface area contributed by atoms with Gasteiger partial charge >= 0.3 is 5.97 Å². The third-order valence-corrected chi connectivity index (χ3v) is 4.68. The molecule has 0 bridgehead atoms. The summed E-state index contributed by atoms with van der Waals surface area (Å²) in [5.74, 6) is -0.458. The minimum Gasteiger partial charge on any atom is -0.497 e. The number of amides is 1. The molecular formula is C18H25NO4. The molecule has 0 aromatic heterocycles. The van der Waals surface area contributed by atoms with Crippen molar-refractivity contribution in [1.82, 2.24) is 5.32 Å². The van der Waals surface area contributed by atoms with E-state index in [-0.39, 0.29) is 18.2 Å². The highest BCUT2D eigenvalue weighted by atomic mass is 16.5. The maximum Gasteiger partial charge on any atom is 0.305 e. The quantitative estimate of drug-likeness (QED) is 0.810. The Balaban J connectivity index is 2.13. The first kappa shape index (κ1) is 17.3. The van der Waals surface area contributed by atoms with E-state index in [2.05, 4.69) is 5.32 Å². The number of benzene rings is 1. The second-order valence-corrected chi connectivity index (χ2v) is 6.28. The molecule has 0 saturated heterocycles. The van der Waals surface area contributed by atoms with Crippen LogP contribution in [0, 0.1) is 0 Å². The molecule has 0 aliphatic heterocycles. The van der Waals surface area contributed by atoms with Gasteiger partial charge in [-0.25, -0.2) is 0 Å². The zero-order chi connectivity index (χ0) is 16.9. The van der Waals surface area contributed by atoms with Gasteiger partial charge in [-0.05, 0) is 37.0 Å². The lowest BCUT2D eigenvalue weighted by Gasteiger charge is -2.31. The Hall–Kier alpha value is -2.04. The van der Waals surface area contributed by atoms with Crippen LogP contribution in [-0.2, 0) is 9.59 Å². The number of hydrogen-bond acceptors (Lipinski definition) is 3. The van der Waals surface area contributed by atoms with E-state index in [9.17, 15) is 9.59 Å². The molecule has 1 unspecified atom stereocenters. The summed E-state index contributed by atoms with van der Waals surface area (Å²) >= 11 is 0. The van der Waals surface area contributed by atoms with Crippen LogP contribution in [0.3, 0.4) is 0 Å². The topological polar surface area (TPSA) is 75.6 Å². The minimum atomic E-state index is -0.857. The van der Waals surface area contributed by atoms with Gasteiger partial charge in [0.1, 0.15) is 5.75 Å². The number of carbonyl (C=O) groups excluding carboxylic acids is 1. The fourth-order valence-electron chi connectivity index (χ4n) is 3.44. The average Bonchev–Trinajstić information content (AvgIpc) is 2.95. The number of nitrogens with one attached hydrogen (secondary N) is 1. The number of carbonyl (C=O) groups is 2. The lowest BCUT2D eigenvalue weighted by molar-refractivity contribution is -0.139. The summed E-state index contributed by atoms with van der Waals surface area (Å²) < 4.78 is 5.14. The van der Waals surface area contributed by atoms with Crippen LogP contribution >= 0.6 is 0 Å². The van der Waals surface area contributed by atoms with E-state index < -0.39 is 11.5 Å². The van der Waals surface area contributed by atoms with Crippen LogP contribution in [0.15, 0.2) is 24.3 Å². The Bertz CT molecular complexity index is 547. The fraction of sp³-hybridized carbons (Fsp3) is 0.556. The third kappa shape index (κ3) is 4.24. The highest BCUT2D eigenvalue weighted by molar-refractivity contribution is 5.85. The third-order valence-electron chi connectivity index (χ3n) is 4.68.